The number of aliphatic hydroxyl groups is 1. The quantitative estimate of drug-likeness (QED) is 0.876. The van der Waals surface area contributed by atoms with E-state index in [0.29, 0.717) is 11.8 Å². The van der Waals surface area contributed by atoms with E-state index in [0.717, 1.165) is 36.0 Å². The largest absolute Gasteiger partial charge is 0.394 e. The highest BCUT2D eigenvalue weighted by molar-refractivity contribution is 9.10. The summed E-state index contributed by atoms with van der Waals surface area (Å²) in [4.78, 5) is 16.9. The molecule has 3 atom stereocenters. The van der Waals surface area contributed by atoms with Gasteiger partial charge in [0.15, 0.2) is 0 Å². The minimum absolute atomic E-state index is 0.0932. The van der Waals surface area contributed by atoms with Gasteiger partial charge in [0, 0.05) is 35.6 Å². The second-order valence-corrected chi connectivity index (χ2v) is 7.68. The van der Waals surface area contributed by atoms with Crippen LogP contribution in [0.25, 0.3) is 0 Å². The number of nitrogens with zero attached hydrogens (tertiary/aromatic N) is 2. The Bertz CT molecular complexity index is 617. The third-order valence-electron chi connectivity index (χ3n) is 5.52. The first-order chi connectivity index (χ1) is 10.6. The zero-order valence-electron chi connectivity index (χ0n) is 12.7. The van der Waals surface area contributed by atoms with Gasteiger partial charge in [-0.2, -0.15) is 0 Å². The lowest BCUT2D eigenvalue weighted by Gasteiger charge is -2.44. The number of anilines is 1. The first-order valence-corrected chi connectivity index (χ1v) is 8.84. The average Bonchev–Trinajstić information content (AvgIpc) is 3.26. The van der Waals surface area contributed by atoms with E-state index in [9.17, 15) is 9.90 Å². The highest BCUT2D eigenvalue weighted by atomic mass is 79.9. The summed E-state index contributed by atoms with van der Waals surface area (Å²) in [6, 6.07) is 6.49. The Morgan fingerprint density at radius 2 is 2.14 bits per heavy atom. The van der Waals surface area contributed by atoms with Gasteiger partial charge in [-0.25, -0.2) is 0 Å². The number of carbonyl (C=O) groups excluding carboxylic acids is 1. The van der Waals surface area contributed by atoms with Crippen molar-refractivity contribution in [3.05, 3.63) is 28.2 Å². The van der Waals surface area contributed by atoms with Gasteiger partial charge < -0.3 is 14.9 Å². The highest BCUT2D eigenvalue weighted by Crippen LogP contribution is 2.50. The molecule has 1 saturated carbocycles. The molecule has 1 aliphatic carbocycles. The molecular formula is C17H21BrN2O2. The number of fused-ring (bicyclic) bond motifs is 3. The highest BCUT2D eigenvalue weighted by Gasteiger charge is 2.49. The van der Waals surface area contributed by atoms with Gasteiger partial charge in [-0.05, 0) is 43.0 Å². The van der Waals surface area contributed by atoms with Crippen molar-refractivity contribution in [1.82, 2.24) is 4.90 Å². The molecule has 2 aliphatic heterocycles. The summed E-state index contributed by atoms with van der Waals surface area (Å²) in [5.41, 5.74) is 2.36. The molecule has 4 rings (SSSR count). The molecule has 1 saturated heterocycles. The lowest BCUT2D eigenvalue weighted by Crippen LogP contribution is -2.48. The summed E-state index contributed by atoms with van der Waals surface area (Å²) in [6.07, 6.45) is 3.06. The van der Waals surface area contributed by atoms with Crippen LogP contribution in [0.4, 0.5) is 5.69 Å². The van der Waals surface area contributed by atoms with Crippen LogP contribution in [0.5, 0.6) is 0 Å². The molecule has 0 radical (unpaired) electrons. The van der Waals surface area contributed by atoms with Gasteiger partial charge in [-0.15, -0.1) is 0 Å². The van der Waals surface area contributed by atoms with Crippen molar-refractivity contribution in [1.29, 1.82) is 0 Å². The first-order valence-electron chi connectivity index (χ1n) is 8.05. The van der Waals surface area contributed by atoms with Gasteiger partial charge in [0.2, 0.25) is 5.91 Å². The number of likely N-dealkylation sites (N-methyl/N-ethyl adjacent to an activating group) is 1. The van der Waals surface area contributed by atoms with Crippen LogP contribution in [-0.4, -0.2) is 42.2 Å². The molecule has 1 N–H and O–H groups in total. The van der Waals surface area contributed by atoms with E-state index in [-0.39, 0.29) is 24.6 Å². The Labute approximate surface area is 139 Å². The second kappa shape index (κ2) is 5.24. The number of hydrogen-bond acceptors (Lipinski definition) is 3. The molecule has 0 aromatic heterocycles. The average molecular weight is 365 g/mol. The van der Waals surface area contributed by atoms with Crippen LogP contribution >= 0.6 is 15.9 Å². The zero-order chi connectivity index (χ0) is 15.4. The maximum absolute atomic E-state index is 12.7. The third-order valence-corrected chi connectivity index (χ3v) is 6.01. The summed E-state index contributed by atoms with van der Waals surface area (Å²) in [6.45, 7) is 0.958. The van der Waals surface area contributed by atoms with Crippen molar-refractivity contribution in [2.45, 2.75) is 31.3 Å². The van der Waals surface area contributed by atoms with Crippen LogP contribution in [0.1, 0.15) is 30.9 Å². The van der Waals surface area contributed by atoms with Gasteiger partial charge in [-0.3, -0.25) is 4.79 Å². The number of rotatable bonds is 2. The molecule has 118 valence electrons. The van der Waals surface area contributed by atoms with E-state index in [2.05, 4.69) is 44.9 Å². The lowest BCUT2D eigenvalue weighted by molar-refractivity contribution is -0.134. The van der Waals surface area contributed by atoms with E-state index < -0.39 is 0 Å². The summed E-state index contributed by atoms with van der Waals surface area (Å²) < 4.78 is 1.05. The van der Waals surface area contributed by atoms with Gasteiger partial charge in [0.05, 0.1) is 18.7 Å². The van der Waals surface area contributed by atoms with Crippen LogP contribution in [0.15, 0.2) is 22.7 Å². The van der Waals surface area contributed by atoms with Crippen molar-refractivity contribution in [3.63, 3.8) is 0 Å². The van der Waals surface area contributed by atoms with Gasteiger partial charge >= 0.3 is 0 Å². The van der Waals surface area contributed by atoms with Crippen LogP contribution in [-0.2, 0) is 4.79 Å². The normalized spacial score (nSPS) is 30.2. The third kappa shape index (κ3) is 2.09. The Hall–Kier alpha value is -1.07. The molecule has 22 heavy (non-hydrogen) atoms. The molecule has 1 aromatic rings. The molecule has 4 nitrogen and oxygen atoms in total. The topological polar surface area (TPSA) is 43.8 Å². The monoisotopic (exact) mass is 364 g/mol. The molecule has 0 spiro atoms. The molecule has 0 unspecified atom stereocenters. The number of aliphatic hydroxyl groups excluding tert-OH is 1. The lowest BCUT2D eigenvalue weighted by atomic mass is 9.82. The summed E-state index contributed by atoms with van der Waals surface area (Å²) in [5, 5.41) is 9.88. The molecule has 5 heteroatoms. The van der Waals surface area contributed by atoms with Crippen molar-refractivity contribution in [2.75, 3.05) is 25.1 Å². The molecule has 1 aromatic carbocycles. The van der Waals surface area contributed by atoms with Gasteiger partial charge in [-0.1, -0.05) is 15.9 Å². The van der Waals surface area contributed by atoms with Crippen molar-refractivity contribution >= 4 is 27.5 Å². The summed E-state index contributed by atoms with van der Waals surface area (Å²) >= 11 is 3.57. The fourth-order valence-electron chi connectivity index (χ4n) is 4.24. The molecule has 0 bridgehead atoms. The minimum Gasteiger partial charge on any atom is -0.394 e. The molecule has 1 amide bonds. The number of carbonyl (C=O) groups is 1. The summed E-state index contributed by atoms with van der Waals surface area (Å²) in [7, 11) is 2.05. The van der Waals surface area contributed by atoms with E-state index in [4.69, 9.17) is 0 Å². The van der Waals surface area contributed by atoms with Crippen LogP contribution in [0, 0.1) is 11.8 Å². The number of hydrogen-bond donors (Lipinski definition) is 1. The smallest absolute Gasteiger partial charge is 0.226 e. The van der Waals surface area contributed by atoms with Crippen LogP contribution < -0.4 is 4.90 Å². The number of amides is 1. The van der Waals surface area contributed by atoms with E-state index in [1.807, 2.05) is 6.07 Å². The predicted octanol–water partition coefficient (Wildman–Crippen LogP) is 2.56. The fourth-order valence-corrected chi connectivity index (χ4v) is 4.62. The zero-order valence-corrected chi connectivity index (χ0v) is 14.3. The second-order valence-electron chi connectivity index (χ2n) is 6.77. The fraction of sp³-hybridized carbons (Fsp3) is 0.588. The van der Waals surface area contributed by atoms with E-state index in [1.54, 1.807) is 0 Å². The maximum atomic E-state index is 12.7. The molecule has 2 heterocycles. The number of likely N-dealkylation sites (tertiary alicyclic amines) is 1. The standard InChI is InChI=1S/C17H21BrN2O2/c1-19-14-5-4-11(18)8-13(14)16-12(15(19)9-21)6-7-20(16)17(22)10-2-3-10/h4-5,8,10,12,15-16,21H,2-3,6-7,9H2,1H3/t12-,15+,16-/m0/s1. The number of halogens is 1. The molecule has 2 fully saturated rings. The van der Waals surface area contributed by atoms with Crippen LogP contribution in [0.3, 0.4) is 0 Å². The Morgan fingerprint density at radius 1 is 1.36 bits per heavy atom. The van der Waals surface area contributed by atoms with Crippen molar-refractivity contribution in [2.24, 2.45) is 11.8 Å². The van der Waals surface area contributed by atoms with Crippen LogP contribution in [0.2, 0.25) is 0 Å². The Balaban J connectivity index is 1.79. The first kappa shape index (κ1) is 14.5. The SMILES string of the molecule is CN1c2ccc(Br)cc2[C@@H]2[C@@H](CCN2C(=O)C2CC2)[C@H]1CO. The minimum atomic E-state index is 0.0932. The Kier molecular flexibility index (Phi) is 3.46. The predicted molar refractivity (Wildman–Crippen MR) is 88.7 cm³/mol. The van der Waals surface area contributed by atoms with Gasteiger partial charge in [0.1, 0.15) is 0 Å². The van der Waals surface area contributed by atoms with E-state index in [1.165, 1.54) is 5.56 Å². The Morgan fingerprint density at radius 3 is 2.82 bits per heavy atom. The van der Waals surface area contributed by atoms with E-state index >= 15 is 0 Å². The number of benzene rings is 1. The summed E-state index contributed by atoms with van der Waals surface area (Å²) in [5.74, 6) is 0.890. The molecule has 3 aliphatic rings. The molecular weight excluding hydrogens is 344 g/mol. The van der Waals surface area contributed by atoms with Crippen molar-refractivity contribution in [3.8, 4) is 0 Å². The van der Waals surface area contributed by atoms with Gasteiger partial charge in [0.25, 0.3) is 0 Å². The maximum Gasteiger partial charge on any atom is 0.226 e. The van der Waals surface area contributed by atoms with Crippen molar-refractivity contribution < 1.29 is 9.90 Å².